The van der Waals surface area contributed by atoms with Gasteiger partial charge >= 0.3 is 0 Å². The lowest BCUT2D eigenvalue weighted by molar-refractivity contribution is 0.102. The fourth-order valence-electron chi connectivity index (χ4n) is 2.36. The zero-order chi connectivity index (χ0) is 17.4. The van der Waals surface area contributed by atoms with Crippen LogP contribution in [0.2, 0.25) is 5.02 Å². The van der Waals surface area contributed by atoms with E-state index in [1.807, 2.05) is 23.6 Å². The van der Waals surface area contributed by atoms with Gasteiger partial charge in [0.1, 0.15) is 0 Å². The third kappa shape index (κ3) is 3.44. The predicted octanol–water partition coefficient (Wildman–Crippen LogP) is 5.05. The molecule has 0 atom stereocenters. The number of rotatable bonds is 3. The topological polar surface area (TPSA) is 60.5 Å². The molecule has 5 nitrogen and oxygen atoms in total. The number of nitrogens with zero attached hydrogens (tertiary/aromatic N) is 1. The van der Waals surface area contributed by atoms with Gasteiger partial charge in [0.2, 0.25) is 6.79 Å². The first-order chi connectivity index (χ1) is 12.1. The normalized spacial score (nSPS) is 12.2. The van der Waals surface area contributed by atoms with Crippen molar-refractivity contribution in [2.45, 2.75) is 0 Å². The molecule has 2 heterocycles. The largest absolute Gasteiger partial charge is 0.454 e. The SMILES string of the molecule is O=C(Nc1nc(-c2ccc3c(c2)OCO3)cs1)c1ccc(Cl)cc1I. The van der Waals surface area contributed by atoms with Crippen molar-refractivity contribution in [2.75, 3.05) is 12.1 Å². The molecule has 25 heavy (non-hydrogen) atoms. The van der Waals surface area contributed by atoms with Crippen LogP contribution in [-0.4, -0.2) is 17.7 Å². The van der Waals surface area contributed by atoms with Gasteiger partial charge in [-0.1, -0.05) is 11.6 Å². The van der Waals surface area contributed by atoms with Crippen LogP contribution < -0.4 is 14.8 Å². The summed E-state index contributed by atoms with van der Waals surface area (Å²) in [7, 11) is 0. The molecule has 0 saturated carbocycles. The molecule has 2 aromatic carbocycles. The van der Waals surface area contributed by atoms with E-state index in [0.29, 0.717) is 21.5 Å². The zero-order valence-electron chi connectivity index (χ0n) is 12.6. The number of anilines is 1. The Balaban J connectivity index is 1.54. The highest BCUT2D eigenvalue weighted by Crippen LogP contribution is 2.36. The summed E-state index contributed by atoms with van der Waals surface area (Å²) in [5, 5.41) is 5.84. The molecule has 1 N–H and O–H groups in total. The van der Waals surface area contributed by atoms with Gasteiger partial charge in [-0.05, 0) is 59.0 Å². The average Bonchev–Trinajstić information content (AvgIpc) is 3.22. The fourth-order valence-corrected chi connectivity index (χ4v) is 4.19. The second-order valence-corrected chi connectivity index (χ2v) is 7.64. The summed E-state index contributed by atoms with van der Waals surface area (Å²) in [4.78, 5) is 16.9. The Labute approximate surface area is 166 Å². The minimum atomic E-state index is -0.215. The zero-order valence-corrected chi connectivity index (χ0v) is 16.3. The Bertz CT molecular complexity index is 976. The van der Waals surface area contributed by atoms with Gasteiger partial charge in [0.15, 0.2) is 16.6 Å². The van der Waals surface area contributed by atoms with E-state index < -0.39 is 0 Å². The molecule has 0 aliphatic carbocycles. The molecule has 0 spiro atoms. The maximum atomic E-state index is 12.4. The Morgan fingerprint density at radius 3 is 2.88 bits per heavy atom. The fraction of sp³-hybridized carbons (Fsp3) is 0.0588. The highest BCUT2D eigenvalue weighted by atomic mass is 127. The molecular formula is C17H10ClIN2O3S. The number of hydrogen-bond acceptors (Lipinski definition) is 5. The number of aromatic nitrogens is 1. The molecule has 3 aromatic rings. The van der Waals surface area contributed by atoms with Crippen molar-refractivity contribution in [2.24, 2.45) is 0 Å². The van der Waals surface area contributed by atoms with Crippen molar-refractivity contribution in [3.05, 3.63) is 55.9 Å². The maximum absolute atomic E-state index is 12.4. The first kappa shape index (κ1) is 16.6. The van der Waals surface area contributed by atoms with Gasteiger partial charge in [-0.25, -0.2) is 4.98 Å². The summed E-state index contributed by atoms with van der Waals surface area (Å²) in [5.74, 6) is 1.21. The van der Waals surface area contributed by atoms with Gasteiger partial charge < -0.3 is 9.47 Å². The molecule has 0 radical (unpaired) electrons. The molecule has 4 rings (SSSR count). The van der Waals surface area contributed by atoms with Crippen LogP contribution in [0, 0.1) is 3.57 Å². The van der Waals surface area contributed by atoms with Gasteiger partial charge in [0, 0.05) is 19.5 Å². The molecular weight excluding hydrogens is 475 g/mol. The van der Waals surface area contributed by atoms with Crippen molar-refractivity contribution in [1.82, 2.24) is 4.98 Å². The van der Waals surface area contributed by atoms with Crippen LogP contribution in [0.25, 0.3) is 11.3 Å². The van der Waals surface area contributed by atoms with Gasteiger partial charge in [-0.3, -0.25) is 10.1 Å². The number of hydrogen-bond donors (Lipinski definition) is 1. The molecule has 1 amide bonds. The molecule has 1 aliphatic heterocycles. The lowest BCUT2D eigenvalue weighted by Crippen LogP contribution is -2.13. The number of fused-ring (bicyclic) bond motifs is 1. The van der Waals surface area contributed by atoms with E-state index in [4.69, 9.17) is 21.1 Å². The minimum Gasteiger partial charge on any atom is -0.454 e. The number of ether oxygens (including phenoxy) is 2. The van der Waals surface area contributed by atoms with Crippen molar-refractivity contribution < 1.29 is 14.3 Å². The first-order valence-electron chi connectivity index (χ1n) is 7.22. The summed E-state index contributed by atoms with van der Waals surface area (Å²) in [6, 6.07) is 10.8. The van der Waals surface area contributed by atoms with Crippen LogP contribution in [-0.2, 0) is 0 Å². The highest BCUT2D eigenvalue weighted by Gasteiger charge is 2.16. The summed E-state index contributed by atoms with van der Waals surface area (Å²) in [6.45, 7) is 0.233. The monoisotopic (exact) mass is 484 g/mol. The van der Waals surface area contributed by atoms with E-state index in [1.165, 1.54) is 11.3 Å². The van der Waals surface area contributed by atoms with Gasteiger partial charge in [0.05, 0.1) is 11.3 Å². The molecule has 0 bridgehead atoms. The van der Waals surface area contributed by atoms with E-state index in [9.17, 15) is 4.79 Å². The quantitative estimate of drug-likeness (QED) is 0.529. The Morgan fingerprint density at radius 1 is 1.20 bits per heavy atom. The van der Waals surface area contributed by atoms with Crippen LogP contribution >= 0.6 is 45.5 Å². The molecule has 0 saturated heterocycles. The van der Waals surface area contributed by atoms with E-state index in [-0.39, 0.29) is 12.7 Å². The van der Waals surface area contributed by atoms with Gasteiger partial charge in [-0.2, -0.15) is 0 Å². The van der Waals surface area contributed by atoms with Crippen LogP contribution in [0.4, 0.5) is 5.13 Å². The Hall–Kier alpha value is -1.84. The number of thiazole rings is 1. The van der Waals surface area contributed by atoms with Crippen molar-refractivity contribution in [1.29, 1.82) is 0 Å². The van der Waals surface area contributed by atoms with E-state index in [1.54, 1.807) is 18.2 Å². The van der Waals surface area contributed by atoms with Gasteiger partial charge in [-0.15, -0.1) is 11.3 Å². The van der Waals surface area contributed by atoms with Crippen molar-refractivity contribution in [3.8, 4) is 22.8 Å². The average molecular weight is 485 g/mol. The van der Waals surface area contributed by atoms with Crippen LogP contribution in [0.5, 0.6) is 11.5 Å². The molecule has 0 unspecified atom stereocenters. The van der Waals surface area contributed by atoms with Crippen LogP contribution in [0.1, 0.15) is 10.4 Å². The minimum absolute atomic E-state index is 0.215. The van der Waals surface area contributed by atoms with Gasteiger partial charge in [0.25, 0.3) is 5.91 Å². The number of benzene rings is 2. The number of amides is 1. The molecule has 0 fully saturated rings. The Morgan fingerprint density at radius 2 is 2.04 bits per heavy atom. The van der Waals surface area contributed by atoms with E-state index in [0.717, 1.165) is 20.6 Å². The highest BCUT2D eigenvalue weighted by molar-refractivity contribution is 14.1. The van der Waals surface area contributed by atoms with Crippen molar-refractivity contribution >= 4 is 56.6 Å². The lowest BCUT2D eigenvalue weighted by Gasteiger charge is -2.04. The second kappa shape index (κ2) is 6.81. The standard InChI is InChI=1S/C17H10ClIN2O3S/c18-10-2-3-11(12(19)6-10)16(22)21-17-20-13(7-25-17)9-1-4-14-15(5-9)24-8-23-14/h1-7H,8H2,(H,20,21,22). The van der Waals surface area contributed by atoms with Crippen LogP contribution in [0.15, 0.2) is 41.8 Å². The first-order valence-corrected chi connectivity index (χ1v) is 9.56. The van der Waals surface area contributed by atoms with Crippen molar-refractivity contribution in [3.63, 3.8) is 0 Å². The van der Waals surface area contributed by atoms with E-state index >= 15 is 0 Å². The smallest absolute Gasteiger partial charge is 0.258 e. The molecule has 126 valence electrons. The Kier molecular flexibility index (Phi) is 4.53. The summed E-state index contributed by atoms with van der Waals surface area (Å²) >= 11 is 9.38. The third-order valence-electron chi connectivity index (χ3n) is 3.57. The summed E-state index contributed by atoms with van der Waals surface area (Å²) in [5.41, 5.74) is 2.23. The number of halogens is 2. The number of nitrogens with one attached hydrogen (secondary N) is 1. The van der Waals surface area contributed by atoms with Crippen LogP contribution in [0.3, 0.4) is 0 Å². The maximum Gasteiger partial charge on any atom is 0.258 e. The summed E-state index contributed by atoms with van der Waals surface area (Å²) < 4.78 is 11.5. The lowest BCUT2D eigenvalue weighted by atomic mass is 10.1. The second-order valence-electron chi connectivity index (χ2n) is 5.18. The number of carbonyl (C=O) groups excluding carboxylic acids is 1. The summed E-state index contributed by atoms with van der Waals surface area (Å²) in [6.07, 6.45) is 0. The predicted molar refractivity (Wildman–Crippen MR) is 106 cm³/mol. The molecule has 1 aliphatic rings. The molecule has 8 heteroatoms. The molecule has 1 aromatic heterocycles. The van der Waals surface area contributed by atoms with E-state index in [2.05, 4.69) is 32.9 Å². The number of carbonyl (C=O) groups is 1. The third-order valence-corrected chi connectivity index (χ3v) is 5.45.